The Bertz CT molecular complexity index is 462. The van der Waals surface area contributed by atoms with Crippen molar-refractivity contribution in [3.63, 3.8) is 0 Å². The molecule has 0 aliphatic carbocycles. The van der Waals surface area contributed by atoms with E-state index in [4.69, 9.17) is 0 Å². The molecule has 1 aromatic carbocycles. The number of nitrogens with zero attached hydrogens (tertiary/aromatic N) is 1. The third kappa shape index (κ3) is 3.43. The van der Waals surface area contributed by atoms with Gasteiger partial charge in [0.2, 0.25) is 0 Å². The highest BCUT2D eigenvalue weighted by molar-refractivity contribution is 9.10. The number of nitrogens with one attached hydrogen (secondary N) is 1. The Hall–Kier alpha value is -1.76. The van der Waals surface area contributed by atoms with E-state index in [0.717, 1.165) is 0 Å². The minimum atomic E-state index is -1.13. The predicted molar refractivity (Wildman–Crippen MR) is 59.0 cm³/mol. The van der Waals surface area contributed by atoms with E-state index in [0.29, 0.717) is 5.56 Å². The molecule has 7 heteroatoms. The number of hydrogen-bond acceptors (Lipinski definition) is 3. The Morgan fingerprint density at radius 2 is 2.19 bits per heavy atom. The molecule has 0 saturated heterocycles. The Kier molecular flexibility index (Phi) is 4.12. The molecule has 0 bridgehead atoms. The maximum atomic E-state index is 12.8. The number of hydrazone groups is 1. The lowest BCUT2D eigenvalue weighted by Gasteiger charge is -1.96. The van der Waals surface area contributed by atoms with Crippen LogP contribution in [0, 0.1) is 5.82 Å². The summed E-state index contributed by atoms with van der Waals surface area (Å²) in [7, 11) is 0. The van der Waals surface area contributed by atoms with Crippen LogP contribution in [0.4, 0.5) is 4.39 Å². The number of nitrogens with two attached hydrogens (primary N) is 1. The van der Waals surface area contributed by atoms with Gasteiger partial charge in [-0.25, -0.2) is 9.82 Å². The zero-order chi connectivity index (χ0) is 12.1. The summed E-state index contributed by atoms with van der Waals surface area (Å²) in [6.07, 6.45) is 1.25. The van der Waals surface area contributed by atoms with Gasteiger partial charge < -0.3 is 5.73 Å². The molecule has 1 aromatic rings. The summed E-state index contributed by atoms with van der Waals surface area (Å²) in [5.74, 6) is -2.55. The third-order valence-electron chi connectivity index (χ3n) is 1.55. The predicted octanol–water partition coefficient (Wildman–Crippen LogP) is 0.524. The van der Waals surface area contributed by atoms with Gasteiger partial charge in [0.1, 0.15) is 5.82 Å². The SMILES string of the molecule is NC(=O)C(=O)N/N=C\c1ccc(F)c(Br)c1. The van der Waals surface area contributed by atoms with E-state index in [-0.39, 0.29) is 4.47 Å². The van der Waals surface area contributed by atoms with Gasteiger partial charge in [-0.1, -0.05) is 6.07 Å². The molecule has 3 N–H and O–H groups in total. The Balaban J connectivity index is 2.66. The van der Waals surface area contributed by atoms with E-state index >= 15 is 0 Å². The highest BCUT2D eigenvalue weighted by atomic mass is 79.9. The van der Waals surface area contributed by atoms with Gasteiger partial charge in [-0.2, -0.15) is 5.10 Å². The first-order chi connectivity index (χ1) is 7.50. The molecule has 0 saturated carbocycles. The fourth-order valence-corrected chi connectivity index (χ4v) is 1.21. The summed E-state index contributed by atoms with van der Waals surface area (Å²) in [6, 6.07) is 4.16. The average Bonchev–Trinajstić information content (AvgIpc) is 2.23. The fraction of sp³-hybridized carbons (Fsp3) is 0. The minimum Gasteiger partial charge on any atom is -0.361 e. The van der Waals surface area contributed by atoms with Crippen LogP contribution in [0.3, 0.4) is 0 Å². The highest BCUT2D eigenvalue weighted by Crippen LogP contribution is 2.15. The van der Waals surface area contributed by atoms with Crippen molar-refractivity contribution in [1.29, 1.82) is 0 Å². The summed E-state index contributed by atoms with van der Waals surface area (Å²) in [6.45, 7) is 0. The summed E-state index contributed by atoms with van der Waals surface area (Å²) in [5.41, 5.74) is 7.14. The number of carbonyl (C=O) groups excluding carboxylic acids is 2. The molecule has 0 radical (unpaired) electrons. The van der Waals surface area contributed by atoms with Crippen LogP contribution in [0.5, 0.6) is 0 Å². The van der Waals surface area contributed by atoms with Crippen molar-refractivity contribution in [2.24, 2.45) is 10.8 Å². The van der Waals surface area contributed by atoms with Gasteiger partial charge in [-0.15, -0.1) is 0 Å². The van der Waals surface area contributed by atoms with Crippen LogP contribution >= 0.6 is 15.9 Å². The number of rotatable bonds is 2. The summed E-state index contributed by atoms with van der Waals surface area (Å²) in [5, 5.41) is 3.46. The number of benzene rings is 1. The van der Waals surface area contributed by atoms with Crippen molar-refractivity contribution in [2.45, 2.75) is 0 Å². The highest BCUT2D eigenvalue weighted by Gasteiger charge is 2.05. The molecule has 0 aromatic heterocycles. The second-order valence-electron chi connectivity index (χ2n) is 2.74. The third-order valence-corrected chi connectivity index (χ3v) is 2.15. The Labute approximate surface area is 98.6 Å². The van der Waals surface area contributed by atoms with E-state index in [9.17, 15) is 14.0 Å². The second-order valence-corrected chi connectivity index (χ2v) is 3.59. The molecule has 0 atom stereocenters. The van der Waals surface area contributed by atoms with Crippen LogP contribution in [0.15, 0.2) is 27.8 Å². The van der Waals surface area contributed by atoms with E-state index in [1.54, 1.807) is 0 Å². The molecule has 84 valence electrons. The van der Waals surface area contributed by atoms with Gasteiger partial charge in [0.15, 0.2) is 0 Å². The number of hydrogen-bond donors (Lipinski definition) is 2. The molecule has 0 unspecified atom stereocenters. The Morgan fingerprint density at radius 1 is 1.50 bits per heavy atom. The molecular formula is C9H7BrFN3O2. The van der Waals surface area contributed by atoms with Crippen LogP contribution in [0.2, 0.25) is 0 Å². The van der Waals surface area contributed by atoms with Gasteiger partial charge in [0, 0.05) is 0 Å². The first-order valence-electron chi connectivity index (χ1n) is 4.08. The lowest BCUT2D eigenvalue weighted by atomic mass is 10.2. The second kappa shape index (κ2) is 5.36. The normalized spacial score (nSPS) is 10.4. The number of carbonyl (C=O) groups is 2. The van der Waals surface area contributed by atoms with Crippen molar-refractivity contribution >= 4 is 34.0 Å². The summed E-state index contributed by atoms with van der Waals surface area (Å²) >= 11 is 2.99. The summed E-state index contributed by atoms with van der Waals surface area (Å²) in [4.78, 5) is 21.0. The Morgan fingerprint density at radius 3 is 2.75 bits per heavy atom. The van der Waals surface area contributed by atoms with E-state index in [1.165, 1.54) is 24.4 Å². The van der Waals surface area contributed by atoms with Crippen molar-refractivity contribution in [1.82, 2.24) is 5.43 Å². The maximum Gasteiger partial charge on any atom is 0.329 e. The van der Waals surface area contributed by atoms with Crippen LogP contribution in [0.1, 0.15) is 5.56 Å². The number of halogens is 2. The fourth-order valence-electron chi connectivity index (χ4n) is 0.813. The van der Waals surface area contributed by atoms with Crippen LogP contribution in [-0.4, -0.2) is 18.0 Å². The topological polar surface area (TPSA) is 84.5 Å². The van der Waals surface area contributed by atoms with Crippen molar-refractivity contribution < 1.29 is 14.0 Å². The van der Waals surface area contributed by atoms with Gasteiger partial charge in [-0.05, 0) is 33.6 Å². The van der Waals surface area contributed by atoms with Gasteiger partial charge >= 0.3 is 11.8 Å². The molecule has 0 aliphatic rings. The smallest absolute Gasteiger partial charge is 0.329 e. The number of amides is 2. The molecular weight excluding hydrogens is 281 g/mol. The summed E-state index contributed by atoms with van der Waals surface area (Å²) < 4.78 is 13.1. The first kappa shape index (κ1) is 12.3. The average molecular weight is 288 g/mol. The molecule has 16 heavy (non-hydrogen) atoms. The van der Waals surface area contributed by atoms with Crippen molar-refractivity contribution in [3.05, 3.63) is 34.1 Å². The van der Waals surface area contributed by atoms with Gasteiger partial charge in [0.05, 0.1) is 10.7 Å². The van der Waals surface area contributed by atoms with E-state index in [1.807, 2.05) is 5.43 Å². The molecule has 0 spiro atoms. The van der Waals surface area contributed by atoms with E-state index < -0.39 is 17.6 Å². The quantitative estimate of drug-likeness (QED) is 0.472. The maximum absolute atomic E-state index is 12.8. The monoisotopic (exact) mass is 287 g/mol. The molecule has 0 aliphatic heterocycles. The van der Waals surface area contributed by atoms with E-state index in [2.05, 4.69) is 26.8 Å². The number of primary amides is 1. The van der Waals surface area contributed by atoms with Crippen LogP contribution in [0.25, 0.3) is 0 Å². The standard InChI is InChI=1S/C9H7BrFN3O2/c10-6-3-5(1-2-7(6)11)4-13-14-9(16)8(12)15/h1-4H,(H2,12,15)(H,14,16)/b13-4-. The minimum absolute atomic E-state index is 0.276. The zero-order valence-electron chi connectivity index (χ0n) is 7.91. The first-order valence-corrected chi connectivity index (χ1v) is 4.88. The lowest BCUT2D eigenvalue weighted by Crippen LogP contribution is -2.32. The molecule has 5 nitrogen and oxygen atoms in total. The lowest BCUT2D eigenvalue weighted by molar-refractivity contribution is -0.137. The zero-order valence-corrected chi connectivity index (χ0v) is 9.49. The van der Waals surface area contributed by atoms with Gasteiger partial charge in [-0.3, -0.25) is 9.59 Å². The van der Waals surface area contributed by atoms with Crippen molar-refractivity contribution in [2.75, 3.05) is 0 Å². The van der Waals surface area contributed by atoms with Crippen molar-refractivity contribution in [3.8, 4) is 0 Å². The molecule has 0 heterocycles. The molecule has 1 rings (SSSR count). The van der Waals surface area contributed by atoms with Crippen LogP contribution < -0.4 is 11.2 Å². The molecule has 0 fully saturated rings. The largest absolute Gasteiger partial charge is 0.361 e. The van der Waals surface area contributed by atoms with Crippen LogP contribution in [-0.2, 0) is 9.59 Å². The van der Waals surface area contributed by atoms with Gasteiger partial charge in [0.25, 0.3) is 0 Å². The molecule has 2 amide bonds.